The van der Waals surface area contributed by atoms with Gasteiger partial charge < -0.3 is 10.2 Å². The van der Waals surface area contributed by atoms with Crippen LogP contribution in [0.4, 0.5) is 17.5 Å². The summed E-state index contributed by atoms with van der Waals surface area (Å²) in [5, 5.41) is 4.08. The van der Waals surface area contributed by atoms with Gasteiger partial charge in [0.2, 0.25) is 5.95 Å². The van der Waals surface area contributed by atoms with E-state index in [9.17, 15) is 0 Å². The predicted molar refractivity (Wildman–Crippen MR) is 96.0 cm³/mol. The molecule has 1 fully saturated rings. The zero-order valence-electron chi connectivity index (χ0n) is 13.3. The van der Waals surface area contributed by atoms with Crippen molar-refractivity contribution >= 4 is 40.2 Å². The Morgan fingerprint density at radius 3 is 2.67 bits per heavy atom. The zero-order valence-corrected chi connectivity index (χ0v) is 14.1. The van der Waals surface area contributed by atoms with Gasteiger partial charge in [0.05, 0.1) is 0 Å². The van der Waals surface area contributed by atoms with E-state index in [1.54, 1.807) is 12.4 Å². The maximum atomic E-state index is 6.04. The largest absolute Gasteiger partial charge is 0.341 e. The minimum atomic E-state index is 0.600. The summed E-state index contributed by atoms with van der Waals surface area (Å²) in [6.07, 6.45) is 5.64. The molecule has 122 valence electrons. The highest BCUT2D eigenvalue weighted by Crippen LogP contribution is 2.28. The number of anilines is 3. The first-order valence-electron chi connectivity index (χ1n) is 7.97. The standard InChI is InChI=1S/C17H17ClN6/c1-11-10-12(18)4-5-13(11)21-16-14-15(20-7-6-19-14)22-17(23-16)24-8-2-3-9-24/h4-7,10H,2-3,8-9H2,1H3,(H,20,21,22,23). The Kier molecular flexibility index (Phi) is 3.90. The highest BCUT2D eigenvalue weighted by Gasteiger charge is 2.18. The number of aromatic nitrogens is 4. The van der Waals surface area contributed by atoms with Crippen LogP contribution in [0.2, 0.25) is 5.02 Å². The first-order chi connectivity index (χ1) is 11.7. The lowest BCUT2D eigenvalue weighted by Gasteiger charge is -2.17. The van der Waals surface area contributed by atoms with Gasteiger partial charge in [-0.05, 0) is 43.5 Å². The molecule has 0 unspecified atom stereocenters. The minimum Gasteiger partial charge on any atom is -0.341 e. The smallest absolute Gasteiger partial charge is 0.229 e. The molecule has 1 N–H and O–H groups in total. The van der Waals surface area contributed by atoms with E-state index in [1.807, 2.05) is 25.1 Å². The van der Waals surface area contributed by atoms with Crippen molar-refractivity contribution in [1.82, 2.24) is 19.9 Å². The molecule has 3 aromatic rings. The van der Waals surface area contributed by atoms with Crippen molar-refractivity contribution in [2.45, 2.75) is 19.8 Å². The number of hydrogen-bond acceptors (Lipinski definition) is 6. The van der Waals surface area contributed by atoms with Crippen LogP contribution in [0, 0.1) is 6.92 Å². The SMILES string of the molecule is Cc1cc(Cl)ccc1Nc1nc(N2CCCC2)nc2nccnc12. The topological polar surface area (TPSA) is 66.8 Å². The van der Waals surface area contributed by atoms with Crippen molar-refractivity contribution in [1.29, 1.82) is 0 Å². The van der Waals surface area contributed by atoms with Crippen molar-refractivity contribution < 1.29 is 0 Å². The summed E-state index contributed by atoms with van der Waals surface area (Å²) in [5.74, 6) is 1.37. The monoisotopic (exact) mass is 340 g/mol. The molecular weight excluding hydrogens is 324 g/mol. The quantitative estimate of drug-likeness (QED) is 0.783. The number of halogens is 1. The molecule has 4 rings (SSSR count). The molecule has 0 spiro atoms. The van der Waals surface area contributed by atoms with E-state index in [4.69, 9.17) is 16.6 Å². The average molecular weight is 341 g/mol. The lowest BCUT2D eigenvalue weighted by atomic mass is 10.2. The van der Waals surface area contributed by atoms with Crippen LogP contribution in [0.1, 0.15) is 18.4 Å². The summed E-state index contributed by atoms with van der Waals surface area (Å²) in [4.78, 5) is 20.2. The molecule has 7 heteroatoms. The van der Waals surface area contributed by atoms with Gasteiger partial charge in [-0.3, -0.25) is 0 Å². The fourth-order valence-electron chi connectivity index (χ4n) is 2.89. The highest BCUT2D eigenvalue weighted by molar-refractivity contribution is 6.30. The van der Waals surface area contributed by atoms with E-state index in [0.29, 0.717) is 28.0 Å². The van der Waals surface area contributed by atoms with E-state index in [1.165, 1.54) is 12.8 Å². The Morgan fingerprint density at radius 1 is 1.08 bits per heavy atom. The Bertz CT molecular complexity index is 891. The second kappa shape index (κ2) is 6.20. The van der Waals surface area contributed by atoms with Crippen LogP contribution in [0.3, 0.4) is 0 Å². The number of fused-ring (bicyclic) bond motifs is 1. The number of hydrogen-bond donors (Lipinski definition) is 1. The lowest BCUT2D eigenvalue weighted by molar-refractivity contribution is 0.904. The molecular formula is C17H17ClN6. The predicted octanol–water partition coefficient (Wildman–Crippen LogP) is 3.73. The van der Waals surface area contributed by atoms with Gasteiger partial charge in [0.15, 0.2) is 17.0 Å². The molecule has 0 atom stereocenters. The molecule has 0 radical (unpaired) electrons. The van der Waals surface area contributed by atoms with Crippen molar-refractivity contribution in [3.05, 3.63) is 41.2 Å². The molecule has 0 saturated carbocycles. The fraction of sp³-hybridized carbons (Fsp3) is 0.294. The van der Waals surface area contributed by atoms with Gasteiger partial charge in [0.25, 0.3) is 0 Å². The van der Waals surface area contributed by atoms with Crippen molar-refractivity contribution in [2.24, 2.45) is 0 Å². The summed E-state index contributed by atoms with van der Waals surface area (Å²) >= 11 is 6.04. The van der Waals surface area contributed by atoms with Gasteiger partial charge in [-0.2, -0.15) is 9.97 Å². The Hall–Kier alpha value is -2.47. The molecule has 1 saturated heterocycles. The van der Waals surface area contributed by atoms with Crippen LogP contribution in [0.25, 0.3) is 11.2 Å². The Morgan fingerprint density at radius 2 is 1.88 bits per heavy atom. The first kappa shape index (κ1) is 15.1. The highest BCUT2D eigenvalue weighted by atomic mass is 35.5. The van der Waals surface area contributed by atoms with E-state index < -0.39 is 0 Å². The van der Waals surface area contributed by atoms with Gasteiger partial charge in [0.1, 0.15) is 0 Å². The van der Waals surface area contributed by atoms with Gasteiger partial charge in [-0.25, -0.2) is 9.97 Å². The maximum absolute atomic E-state index is 6.04. The third-order valence-electron chi connectivity index (χ3n) is 4.15. The summed E-state index contributed by atoms with van der Waals surface area (Å²) in [6.45, 7) is 3.96. The normalized spacial score (nSPS) is 14.3. The first-order valence-corrected chi connectivity index (χ1v) is 8.35. The van der Waals surface area contributed by atoms with E-state index in [2.05, 4.69) is 25.2 Å². The number of aryl methyl sites for hydroxylation is 1. The van der Waals surface area contributed by atoms with Crippen LogP contribution >= 0.6 is 11.6 Å². The second-order valence-electron chi connectivity index (χ2n) is 5.88. The maximum Gasteiger partial charge on any atom is 0.229 e. The third-order valence-corrected chi connectivity index (χ3v) is 4.39. The third kappa shape index (κ3) is 2.85. The lowest BCUT2D eigenvalue weighted by Crippen LogP contribution is -2.21. The average Bonchev–Trinajstić information content (AvgIpc) is 3.12. The number of benzene rings is 1. The second-order valence-corrected chi connectivity index (χ2v) is 6.32. The summed E-state index contributed by atoms with van der Waals surface area (Å²) in [7, 11) is 0. The van der Waals surface area contributed by atoms with Gasteiger partial charge in [-0.15, -0.1) is 0 Å². The van der Waals surface area contributed by atoms with Gasteiger partial charge in [0, 0.05) is 36.2 Å². The van der Waals surface area contributed by atoms with Gasteiger partial charge in [-0.1, -0.05) is 11.6 Å². The molecule has 1 aliphatic heterocycles. The molecule has 0 amide bonds. The van der Waals surface area contributed by atoms with Crippen LogP contribution in [-0.4, -0.2) is 33.0 Å². The zero-order chi connectivity index (χ0) is 16.5. The minimum absolute atomic E-state index is 0.600. The molecule has 1 aromatic carbocycles. The molecule has 2 aromatic heterocycles. The summed E-state index contributed by atoms with van der Waals surface area (Å²) < 4.78 is 0. The van der Waals surface area contributed by atoms with Crippen LogP contribution in [0.15, 0.2) is 30.6 Å². The van der Waals surface area contributed by atoms with Gasteiger partial charge >= 0.3 is 0 Å². The fourth-order valence-corrected chi connectivity index (χ4v) is 3.12. The molecule has 6 nitrogen and oxygen atoms in total. The molecule has 3 heterocycles. The van der Waals surface area contributed by atoms with Crippen molar-refractivity contribution in [3.63, 3.8) is 0 Å². The molecule has 0 bridgehead atoms. The van der Waals surface area contributed by atoms with Crippen molar-refractivity contribution in [2.75, 3.05) is 23.3 Å². The van der Waals surface area contributed by atoms with E-state index in [-0.39, 0.29) is 0 Å². The molecule has 24 heavy (non-hydrogen) atoms. The Balaban J connectivity index is 1.80. The van der Waals surface area contributed by atoms with E-state index >= 15 is 0 Å². The van der Waals surface area contributed by atoms with Crippen LogP contribution in [-0.2, 0) is 0 Å². The molecule has 0 aliphatic carbocycles. The number of nitrogens with zero attached hydrogens (tertiary/aromatic N) is 5. The number of nitrogens with one attached hydrogen (secondary N) is 1. The van der Waals surface area contributed by atoms with Crippen molar-refractivity contribution in [3.8, 4) is 0 Å². The van der Waals surface area contributed by atoms with E-state index in [0.717, 1.165) is 24.3 Å². The summed E-state index contributed by atoms with van der Waals surface area (Å²) in [6, 6.07) is 5.71. The summed E-state index contributed by atoms with van der Waals surface area (Å²) in [5.41, 5.74) is 3.25. The molecule has 1 aliphatic rings. The van der Waals surface area contributed by atoms with Crippen LogP contribution in [0.5, 0.6) is 0 Å². The number of rotatable bonds is 3. The Labute approximate surface area is 144 Å². The van der Waals surface area contributed by atoms with Crippen LogP contribution < -0.4 is 10.2 Å².